The molecular formula is C27H34F3N5O2. The van der Waals surface area contributed by atoms with Crippen LogP contribution in [0.4, 0.5) is 13.2 Å². The van der Waals surface area contributed by atoms with Crippen molar-refractivity contribution in [1.82, 2.24) is 19.6 Å². The third kappa shape index (κ3) is 5.12. The quantitative estimate of drug-likeness (QED) is 0.641. The molecule has 2 aliphatic heterocycles. The van der Waals surface area contributed by atoms with Gasteiger partial charge in [-0.1, -0.05) is 18.2 Å². The van der Waals surface area contributed by atoms with Crippen molar-refractivity contribution >= 4 is 11.8 Å². The molecule has 3 aliphatic rings. The summed E-state index contributed by atoms with van der Waals surface area (Å²) in [7, 11) is 0. The molecule has 0 bridgehead atoms. The third-order valence-electron chi connectivity index (χ3n) is 7.86. The van der Waals surface area contributed by atoms with Gasteiger partial charge in [0.25, 0.3) is 5.91 Å². The van der Waals surface area contributed by atoms with E-state index in [0.29, 0.717) is 31.6 Å². The Morgan fingerprint density at radius 1 is 0.946 bits per heavy atom. The fourth-order valence-electron chi connectivity index (χ4n) is 5.79. The molecule has 10 heteroatoms. The van der Waals surface area contributed by atoms with Crippen molar-refractivity contribution in [1.29, 1.82) is 0 Å². The van der Waals surface area contributed by atoms with Crippen LogP contribution in [0, 0.1) is 0 Å². The van der Waals surface area contributed by atoms with Crippen molar-refractivity contribution in [2.45, 2.75) is 75.5 Å². The summed E-state index contributed by atoms with van der Waals surface area (Å²) >= 11 is 0. The first-order valence-corrected chi connectivity index (χ1v) is 13.1. The van der Waals surface area contributed by atoms with Gasteiger partial charge in [0.2, 0.25) is 5.91 Å². The van der Waals surface area contributed by atoms with E-state index in [2.05, 4.69) is 5.10 Å². The zero-order chi connectivity index (χ0) is 26.5. The molecule has 0 radical (unpaired) electrons. The van der Waals surface area contributed by atoms with Crippen LogP contribution in [-0.4, -0.2) is 63.1 Å². The summed E-state index contributed by atoms with van der Waals surface area (Å²) in [6, 6.07) is 5.75. The molecule has 1 aromatic carbocycles. The number of nitrogens with zero attached hydrogens (tertiary/aromatic N) is 4. The number of benzene rings is 1. The lowest BCUT2D eigenvalue weighted by molar-refractivity contribution is -0.138. The van der Waals surface area contributed by atoms with Gasteiger partial charge < -0.3 is 15.5 Å². The van der Waals surface area contributed by atoms with E-state index in [1.165, 1.54) is 12.1 Å². The zero-order valence-electron chi connectivity index (χ0n) is 21.3. The Bertz CT molecular complexity index is 1170. The molecule has 2 N–H and O–H groups in total. The van der Waals surface area contributed by atoms with E-state index in [1.54, 1.807) is 35.9 Å². The highest BCUT2D eigenvalue weighted by atomic mass is 19.4. The fourth-order valence-corrected chi connectivity index (χ4v) is 5.79. The second-order valence-electron chi connectivity index (χ2n) is 11.2. The Morgan fingerprint density at radius 2 is 1.59 bits per heavy atom. The van der Waals surface area contributed by atoms with Gasteiger partial charge in [0.15, 0.2) is 0 Å². The van der Waals surface area contributed by atoms with Gasteiger partial charge in [-0.2, -0.15) is 18.3 Å². The zero-order valence-corrected chi connectivity index (χ0v) is 21.3. The van der Waals surface area contributed by atoms with Gasteiger partial charge >= 0.3 is 6.18 Å². The van der Waals surface area contributed by atoms with Crippen LogP contribution in [0.1, 0.15) is 91.0 Å². The van der Waals surface area contributed by atoms with Crippen LogP contribution in [0.2, 0.25) is 0 Å². The smallest absolute Gasteiger partial charge is 0.341 e. The number of amides is 2. The van der Waals surface area contributed by atoms with Crippen LogP contribution in [-0.2, 0) is 11.0 Å². The molecule has 1 aliphatic carbocycles. The van der Waals surface area contributed by atoms with Crippen molar-refractivity contribution < 1.29 is 22.8 Å². The number of carbonyl (C=O) groups is 2. The molecule has 2 amide bonds. The normalized spacial score (nSPS) is 21.5. The summed E-state index contributed by atoms with van der Waals surface area (Å²) < 4.78 is 42.7. The number of rotatable bonds is 5. The topological polar surface area (TPSA) is 84.5 Å². The molecule has 1 aromatic heterocycles. The van der Waals surface area contributed by atoms with Gasteiger partial charge in [-0.25, -0.2) is 0 Å². The van der Waals surface area contributed by atoms with Crippen LogP contribution in [0.5, 0.6) is 0 Å². The van der Waals surface area contributed by atoms with Crippen LogP contribution in [0.15, 0.2) is 30.5 Å². The lowest BCUT2D eigenvalue weighted by Crippen LogP contribution is -2.53. The van der Waals surface area contributed by atoms with E-state index in [-0.39, 0.29) is 41.8 Å². The molecule has 200 valence electrons. The lowest BCUT2D eigenvalue weighted by Gasteiger charge is -2.36. The number of alkyl halides is 3. The largest absolute Gasteiger partial charge is 0.416 e. The Balaban J connectivity index is 1.31. The number of piperidine rings is 1. The minimum absolute atomic E-state index is 0.0691. The van der Waals surface area contributed by atoms with E-state index in [4.69, 9.17) is 5.73 Å². The molecule has 5 rings (SSSR count). The lowest BCUT2D eigenvalue weighted by atomic mass is 9.93. The molecule has 0 unspecified atom stereocenters. The maximum absolute atomic E-state index is 13.6. The van der Waals surface area contributed by atoms with Gasteiger partial charge in [0, 0.05) is 38.0 Å². The Hall–Kier alpha value is -2.88. The maximum atomic E-state index is 13.6. The summed E-state index contributed by atoms with van der Waals surface area (Å²) in [6.07, 6.45) is 1.16. The van der Waals surface area contributed by atoms with Crippen molar-refractivity contribution in [2.24, 2.45) is 5.73 Å². The first kappa shape index (κ1) is 25.8. The number of aromatic nitrogens is 2. The molecule has 0 spiro atoms. The number of carbonyl (C=O) groups excluding carboxylic acids is 2. The first-order valence-electron chi connectivity index (χ1n) is 13.1. The summed E-state index contributed by atoms with van der Waals surface area (Å²) in [6.45, 7) is 5.27. The van der Waals surface area contributed by atoms with Crippen molar-refractivity contribution in [3.8, 4) is 0 Å². The highest BCUT2D eigenvalue weighted by Crippen LogP contribution is 2.44. The highest BCUT2D eigenvalue weighted by Gasteiger charge is 2.40. The second-order valence-corrected chi connectivity index (χ2v) is 11.2. The van der Waals surface area contributed by atoms with Crippen LogP contribution in [0.3, 0.4) is 0 Å². The van der Waals surface area contributed by atoms with Crippen molar-refractivity contribution in [2.75, 3.05) is 26.2 Å². The SMILES string of the molecule is CC(C)(N)C(=O)N1CCC(n2ncc(C(=O)N3CC[C@@H](c4ccccc4C(F)(F)F)C3)c2C2CC2)CC1. The number of hydrogen-bond donors (Lipinski definition) is 1. The maximum Gasteiger partial charge on any atom is 0.416 e. The molecule has 2 aromatic rings. The number of likely N-dealkylation sites (tertiary alicyclic amines) is 2. The number of halogens is 3. The fraction of sp³-hybridized carbons (Fsp3) is 0.593. The molecule has 1 atom stereocenters. The summed E-state index contributed by atoms with van der Waals surface area (Å²) in [5, 5.41) is 4.63. The van der Waals surface area contributed by atoms with E-state index in [1.807, 2.05) is 4.68 Å². The van der Waals surface area contributed by atoms with Gasteiger partial charge in [-0.15, -0.1) is 0 Å². The Morgan fingerprint density at radius 3 is 2.22 bits per heavy atom. The van der Waals surface area contributed by atoms with Gasteiger partial charge in [0.1, 0.15) is 0 Å². The average molecular weight is 518 g/mol. The van der Waals surface area contributed by atoms with E-state index < -0.39 is 17.3 Å². The van der Waals surface area contributed by atoms with E-state index in [9.17, 15) is 22.8 Å². The van der Waals surface area contributed by atoms with Crippen LogP contribution in [0.25, 0.3) is 0 Å². The second kappa shape index (κ2) is 9.45. The molecule has 3 fully saturated rings. The summed E-state index contributed by atoms with van der Waals surface area (Å²) in [4.78, 5) is 29.6. The summed E-state index contributed by atoms with van der Waals surface area (Å²) in [5.74, 6) is -0.304. The molecule has 2 saturated heterocycles. The molecule has 7 nitrogen and oxygen atoms in total. The molecule has 37 heavy (non-hydrogen) atoms. The molecular weight excluding hydrogens is 483 g/mol. The Kier molecular flexibility index (Phi) is 6.58. The van der Waals surface area contributed by atoms with Gasteiger partial charge in [-0.05, 0) is 57.6 Å². The number of hydrogen-bond acceptors (Lipinski definition) is 4. The van der Waals surface area contributed by atoms with Gasteiger partial charge in [0.05, 0.1) is 34.6 Å². The van der Waals surface area contributed by atoms with Crippen molar-refractivity contribution in [3.05, 3.63) is 52.8 Å². The van der Waals surface area contributed by atoms with Gasteiger partial charge in [-0.3, -0.25) is 14.3 Å². The average Bonchev–Trinajstić information content (AvgIpc) is 3.40. The van der Waals surface area contributed by atoms with Crippen LogP contribution < -0.4 is 5.73 Å². The predicted molar refractivity (Wildman–Crippen MR) is 132 cm³/mol. The van der Waals surface area contributed by atoms with Crippen molar-refractivity contribution in [3.63, 3.8) is 0 Å². The highest BCUT2D eigenvalue weighted by molar-refractivity contribution is 5.95. The first-order chi connectivity index (χ1) is 17.4. The third-order valence-corrected chi connectivity index (χ3v) is 7.86. The number of nitrogens with two attached hydrogens (primary N) is 1. The summed E-state index contributed by atoms with van der Waals surface area (Å²) in [5.41, 5.74) is 6.22. The monoisotopic (exact) mass is 517 g/mol. The minimum atomic E-state index is -4.42. The van der Waals surface area contributed by atoms with Crippen LogP contribution >= 0.6 is 0 Å². The van der Waals surface area contributed by atoms with E-state index in [0.717, 1.165) is 37.4 Å². The Labute approximate surface area is 214 Å². The standard InChI is InChI=1S/C27H34F3N5O2/c1-26(2,31)25(37)33-13-10-19(11-14-33)35-23(17-7-8-17)21(15-32-35)24(36)34-12-9-18(16-34)20-5-3-4-6-22(20)27(28,29)30/h3-6,15,17-19H,7-14,16,31H2,1-2H3/t18-/m1/s1. The predicted octanol–water partition coefficient (Wildman–Crippen LogP) is 4.31. The van der Waals surface area contributed by atoms with E-state index >= 15 is 0 Å². The molecule has 3 heterocycles. The minimum Gasteiger partial charge on any atom is -0.341 e. The molecule has 1 saturated carbocycles.